The third-order valence-corrected chi connectivity index (χ3v) is 5.72. The third kappa shape index (κ3) is 2.76. The zero-order chi connectivity index (χ0) is 11.4. The van der Waals surface area contributed by atoms with Crippen molar-refractivity contribution in [2.75, 3.05) is 11.5 Å². The summed E-state index contributed by atoms with van der Waals surface area (Å²) in [5.41, 5.74) is 0.726. The van der Waals surface area contributed by atoms with Crippen molar-refractivity contribution in [2.24, 2.45) is 5.41 Å². The molecule has 2 unspecified atom stereocenters. The molecular formula is C14H27NS. The van der Waals surface area contributed by atoms with Crippen LogP contribution in [0.4, 0.5) is 0 Å². The van der Waals surface area contributed by atoms with Crippen molar-refractivity contribution >= 4 is 11.8 Å². The van der Waals surface area contributed by atoms with Crippen LogP contribution in [-0.2, 0) is 0 Å². The normalized spacial score (nSPS) is 30.0. The van der Waals surface area contributed by atoms with E-state index in [4.69, 9.17) is 0 Å². The van der Waals surface area contributed by atoms with Gasteiger partial charge in [0.25, 0.3) is 0 Å². The molecule has 0 amide bonds. The van der Waals surface area contributed by atoms with E-state index in [-0.39, 0.29) is 0 Å². The van der Waals surface area contributed by atoms with Crippen LogP contribution in [0, 0.1) is 5.41 Å². The Labute approximate surface area is 105 Å². The highest BCUT2D eigenvalue weighted by Gasteiger charge is 2.46. The molecule has 0 radical (unpaired) electrons. The summed E-state index contributed by atoms with van der Waals surface area (Å²) in [6.45, 7) is 4.61. The molecule has 0 aromatic rings. The van der Waals surface area contributed by atoms with Gasteiger partial charge in [0.1, 0.15) is 0 Å². The summed E-state index contributed by atoms with van der Waals surface area (Å²) in [7, 11) is 0. The summed E-state index contributed by atoms with van der Waals surface area (Å²) < 4.78 is 0. The average molecular weight is 241 g/mol. The van der Waals surface area contributed by atoms with Gasteiger partial charge in [-0.2, -0.15) is 11.8 Å². The van der Waals surface area contributed by atoms with Gasteiger partial charge in [0.05, 0.1) is 0 Å². The van der Waals surface area contributed by atoms with Gasteiger partial charge in [-0.15, -0.1) is 0 Å². The summed E-state index contributed by atoms with van der Waals surface area (Å²) >= 11 is 2.07. The number of hydrogen-bond donors (Lipinski definition) is 1. The SMILES string of the molecule is CCSCC(C)NC1CCC12CCCCC2. The van der Waals surface area contributed by atoms with Crippen molar-refractivity contribution < 1.29 is 0 Å². The van der Waals surface area contributed by atoms with Crippen molar-refractivity contribution in [1.29, 1.82) is 0 Å². The van der Waals surface area contributed by atoms with Crippen LogP contribution in [0.5, 0.6) is 0 Å². The van der Waals surface area contributed by atoms with Crippen LogP contribution >= 0.6 is 11.8 Å². The lowest BCUT2D eigenvalue weighted by molar-refractivity contribution is 0.0190. The Kier molecular flexibility index (Phi) is 4.60. The number of nitrogens with one attached hydrogen (secondary N) is 1. The highest BCUT2D eigenvalue weighted by molar-refractivity contribution is 7.99. The van der Waals surface area contributed by atoms with E-state index in [2.05, 4.69) is 30.9 Å². The number of thioether (sulfide) groups is 1. The Balaban J connectivity index is 1.77. The molecule has 2 rings (SSSR count). The van der Waals surface area contributed by atoms with Gasteiger partial charge < -0.3 is 5.32 Å². The molecule has 1 nitrogen and oxygen atoms in total. The molecule has 2 aliphatic carbocycles. The molecule has 2 saturated carbocycles. The second-order valence-corrected chi connectivity index (χ2v) is 7.06. The molecular weight excluding hydrogens is 214 g/mol. The first-order valence-corrected chi connectivity index (χ1v) is 8.26. The lowest BCUT2D eigenvalue weighted by Crippen LogP contribution is -2.56. The van der Waals surface area contributed by atoms with Crippen LogP contribution in [0.2, 0.25) is 0 Å². The Morgan fingerprint density at radius 3 is 2.56 bits per heavy atom. The van der Waals surface area contributed by atoms with Crippen LogP contribution in [0.3, 0.4) is 0 Å². The van der Waals surface area contributed by atoms with Gasteiger partial charge >= 0.3 is 0 Å². The van der Waals surface area contributed by atoms with Crippen LogP contribution in [0.1, 0.15) is 58.8 Å². The highest BCUT2D eigenvalue weighted by Crippen LogP contribution is 2.51. The third-order valence-electron chi connectivity index (χ3n) is 4.58. The van der Waals surface area contributed by atoms with Crippen LogP contribution in [0.25, 0.3) is 0 Å². The molecule has 0 aromatic carbocycles. The summed E-state index contributed by atoms with van der Waals surface area (Å²) in [6, 6.07) is 1.55. The molecule has 94 valence electrons. The molecule has 0 bridgehead atoms. The quantitative estimate of drug-likeness (QED) is 0.785. The molecule has 1 spiro atoms. The highest BCUT2D eigenvalue weighted by atomic mass is 32.2. The van der Waals surface area contributed by atoms with Gasteiger partial charge in [-0.25, -0.2) is 0 Å². The minimum absolute atomic E-state index is 0.703. The standard InChI is InChI=1S/C14H27NS/c1-3-16-11-12(2)15-13-7-10-14(13)8-5-4-6-9-14/h12-13,15H,3-11H2,1-2H3. The maximum Gasteiger partial charge on any atom is 0.0132 e. The smallest absolute Gasteiger partial charge is 0.0132 e. The van der Waals surface area contributed by atoms with E-state index in [0.717, 1.165) is 11.5 Å². The molecule has 16 heavy (non-hydrogen) atoms. The molecule has 2 fully saturated rings. The number of rotatable bonds is 5. The van der Waals surface area contributed by atoms with Crippen molar-refractivity contribution in [1.82, 2.24) is 5.32 Å². The van der Waals surface area contributed by atoms with Gasteiger partial charge in [-0.05, 0) is 43.8 Å². The van der Waals surface area contributed by atoms with E-state index >= 15 is 0 Å². The van der Waals surface area contributed by atoms with Crippen LogP contribution < -0.4 is 5.32 Å². The minimum atomic E-state index is 0.703. The molecule has 0 saturated heterocycles. The fourth-order valence-electron chi connectivity index (χ4n) is 3.50. The zero-order valence-electron chi connectivity index (χ0n) is 10.9. The first-order valence-electron chi connectivity index (χ1n) is 7.10. The van der Waals surface area contributed by atoms with Crippen molar-refractivity contribution in [3.63, 3.8) is 0 Å². The molecule has 0 aliphatic heterocycles. The lowest BCUT2D eigenvalue weighted by Gasteiger charge is -2.53. The van der Waals surface area contributed by atoms with Crippen LogP contribution in [-0.4, -0.2) is 23.6 Å². The van der Waals surface area contributed by atoms with E-state index in [1.807, 2.05) is 0 Å². The van der Waals surface area contributed by atoms with E-state index < -0.39 is 0 Å². The molecule has 0 heterocycles. The largest absolute Gasteiger partial charge is 0.310 e. The topological polar surface area (TPSA) is 12.0 Å². The van der Waals surface area contributed by atoms with E-state index in [1.165, 1.54) is 56.5 Å². The van der Waals surface area contributed by atoms with Gasteiger partial charge in [0, 0.05) is 17.8 Å². The Bertz CT molecular complexity index is 211. The van der Waals surface area contributed by atoms with E-state index in [1.54, 1.807) is 0 Å². The van der Waals surface area contributed by atoms with Crippen LogP contribution in [0.15, 0.2) is 0 Å². The fraction of sp³-hybridized carbons (Fsp3) is 1.00. The molecule has 2 atom stereocenters. The van der Waals surface area contributed by atoms with Gasteiger partial charge in [-0.3, -0.25) is 0 Å². The fourth-order valence-corrected chi connectivity index (χ4v) is 4.18. The predicted octanol–water partition coefficient (Wildman–Crippen LogP) is 3.83. The lowest BCUT2D eigenvalue weighted by atomic mass is 9.57. The second kappa shape index (κ2) is 5.77. The van der Waals surface area contributed by atoms with Gasteiger partial charge in [0.2, 0.25) is 0 Å². The molecule has 1 N–H and O–H groups in total. The first-order chi connectivity index (χ1) is 7.77. The molecule has 2 aliphatic rings. The van der Waals surface area contributed by atoms with Crippen molar-refractivity contribution in [3.8, 4) is 0 Å². The Morgan fingerprint density at radius 1 is 1.25 bits per heavy atom. The van der Waals surface area contributed by atoms with Gasteiger partial charge in [0.15, 0.2) is 0 Å². The van der Waals surface area contributed by atoms with Crippen molar-refractivity contribution in [2.45, 2.75) is 70.9 Å². The van der Waals surface area contributed by atoms with E-state index in [0.29, 0.717) is 6.04 Å². The second-order valence-electron chi connectivity index (χ2n) is 5.74. The molecule has 2 heteroatoms. The maximum absolute atomic E-state index is 3.89. The van der Waals surface area contributed by atoms with Gasteiger partial charge in [-0.1, -0.05) is 26.2 Å². The summed E-state index contributed by atoms with van der Waals surface area (Å²) in [4.78, 5) is 0. The minimum Gasteiger partial charge on any atom is -0.310 e. The monoisotopic (exact) mass is 241 g/mol. The predicted molar refractivity (Wildman–Crippen MR) is 74.1 cm³/mol. The zero-order valence-corrected chi connectivity index (χ0v) is 11.7. The Hall–Kier alpha value is 0.310. The first kappa shape index (κ1) is 12.8. The number of hydrogen-bond acceptors (Lipinski definition) is 2. The van der Waals surface area contributed by atoms with Crippen molar-refractivity contribution in [3.05, 3.63) is 0 Å². The summed E-state index contributed by atoms with van der Waals surface area (Å²) in [5, 5.41) is 3.89. The molecule has 0 aromatic heterocycles. The average Bonchev–Trinajstić information content (AvgIpc) is 2.33. The summed E-state index contributed by atoms with van der Waals surface area (Å²) in [5.74, 6) is 2.53. The summed E-state index contributed by atoms with van der Waals surface area (Å²) in [6.07, 6.45) is 10.4. The maximum atomic E-state index is 3.89. The van der Waals surface area contributed by atoms with E-state index in [9.17, 15) is 0 Å². The Morgan fingerprint density at radius 2 is 2.00 bits per heavy atom.